The van der Waals surface area contributed by atoms with Gasteiger partial charge >= 0.3 is 0 Å². The van der Waals surface area contributed by atoms with Gasteiger partial charge in [-0.05, 0) is 38.3 Å². The molecule has 3 aromatic heterocycles. The number of ether oxygens (including phenoxy) is 1. The molecular formula is C22H27N7O3. The maximum Gasteiger partial charge on any atom is 0.262 e. The van der Waals surface area contributed by atoms with Gasteiger partial charge in [-0.1, -0.05) is 0 Å². The van der Waals surface area contributed by atoms with Crippen LogP contribution in [0.25, 0.3) is 22.0 Å². The zero-order valence-electron chi connectivity index (χ0n) is 18.5. The minimum absolute atomic E-state index is 0.0305. The molecule has 168 valence electrons. The normalized spacial score (nSPS) is 14.5. The van der Waals surface area contributed by atoms with Gasteiger partial charge in [-0.2, -0.15) is 0 Å². The molecule has 10 nitrogen and oxygen atoms in total. The Kier molecular flexibility index (Phi) is 5.79. The number of anilines is 2. The first-order valence-electron chi connectivity index (χ1n) is 10.5. The predicted molar refractivity (Wildman–Crippen MR) is 122 cm³/mol. The molecule has 0 atom stereocenters. The second kappa shape index (κ2) is 8.54. The van der Waals surface area contributed by atoms with Gasteiger partial charge in [-0.15, -0.1) is 0 Å². The number of rotatable bonds is 4. The molecule has 32 heavy (non-hydrogen) atoms. The Morgan fingerprint density at radius 1 is 1.22 bits per heavy atom. The average Bonchev–Trinajstić information content (AvgIpc) is 2.75. The standard InChI is InChI=1S/C22H27N7O3/c1-22(2,3)27-19-18-14(10-16(26-19)15-11-24-21(23)25-12-15)4-5-29(20(18)31)13-17(30)28-6-8-32-9-7-28/h4-5,10-12H,6-9,13H2,1-3H3,(H,26,27)(H2,23,24,25). The first-order valence-corrected chi connectivity index (χ1v) is 10.5. The molecule has 1 fully saturated rings. The molecule has 0 unspecified atom stereocenters. The van der Waals surface area contributed by atoms with E-state index in [2.05, 4.69) is 15.3 Å². The van der Waals surface area contributed by atoms with Crippen molar-refractivity contribution in [2.75, 3.05) is 37.4 Å². The zero-order valence-corrected chi connectivity index (χ0v) is 18.5. The fourth-order valence-corrected chi connectivity index (χ4v) is 3.55. The predicted octanol–water partition coefficient (Wildman–Crippen LogP) is 1.50. The number of nitrogens with two attached hydrogens (primary N) is 1. The van der Waals surface area contributed by atoms with E-state index in [1.165, 1.54) is 4.57 Å². The van der Waals surface area contributed by atoms with E-state index >= 15 is 0 Å². The molecule has 0 aromatic carbocycles. The molecule has 1 amide bonds. The van der Waals surface area contributed by atoms with E-state index in [1.54, 1.807) is 23.5 Å². The van der Waals surface area contributed by atoms with Gasteiger partial charge < -0.3 is 25.3 Å². The number of hydrogen-bond acceptors (Lipinski definition) is 8. The number of nitrogen functional groups attached to an aromatic ring is 1. The van der Waals surface area contributed by atoms with E-state index in [4.69, 9.17) is 15.5 Å². The summed E-state index contributed by atoms with van der Waals surface area (Å²) in [5.41, 5.74) is 6.29. The maximum absolute atomic E-state index is 13.4. The molecule has 3 aromatic rings. The van der Waals surface area contributed by atoms with E-state index in [1.807, 2.05) is 32.9 Å². The lowest BCUT2D eigenvalue weighted by molar-refractivity contribution is -0.135. The molecule has 0 bridgehead atoms. The monoisotopic (exact) mass is 437 g/mol. The fraction of sp³-hybridized carbons (Fsp3) is 0.409. The molecule has 0 radical (unpaired) electrons. The number of hydrogen-bond donors (Lipinski definition) is 2. The summed E-state index contributed by atoms with van der Waals surface area (Å²) in [6, 6.07) is 3.63. The summed E-state index contributed by atoms with van der Waals surface area (Å²) in [5, 5.41) is 4.46. The van der Waals surface area contributed by atoms with Crippen LogP contribution in [0.15, 0.2) is 35.5 Å². The van der Waals surface area contributed by atoms with E-state index in [0.29, 0.717) is 54.2 Å². The van der Waals surface area contributed by atoms with Crippen LogP contribution in [0.1, 0.15) is 20.8 Å². The number of fused-ring (bicyclic) bond motifs is 1. The van der Waals surface area contributed by atoms with Gasteiger partial charge in [0.25, 0.3) is 5.56 Å². The number of nitrogens with one attached hydrogen (secondary N) is 1. The van der Waals surface area contributed by atoms with Crippen molar-refractivity contribution in [3.63, 3.8) is 0 Å². The van der Waals surface area contributed by atoms with Crippen LogP contribution >= 0.6 is 0 Å². The third kappa shape index (κ3) is 4.70. The van der Waals surface area contributed by atoms with Crippen LogP contribution in [0.3, 0.4) is 0 Å². The Labute approximate surface area is 185 Å². The van der Waals surface area contributed by atoms with Gasteiger partial charge in [0, 0.05) is 42.8 Å². The van der Waals surface area contributed by atoms with Gasteiger partial charge in [0.1, 0.15) is 12.4 Å². The molecule has 3 N–H and O–H groups in total. The maximum atomic E-state index is 13.4. The highest BCUT2D eigenvalue weighted by molar-refractivity contribution is 5.94. The Balaban J connectivity index is 1.78. The van der Waals surface area contributed by atoms with Gasteiger partial charge in [0.15, 0.2) is 0 Å². The Morgan fingerprint density at radius 2 is 1.91 bits per heavy atom. The fourth-order valence-electron chi connectivity index (χ4n) is 3.55. The number of amides is 1. The van der Waals surface area contributed by atoms with Crippen molar-refractivity contribution in [3.8, 4) is 11.3 Å². The topological polar surface area (TPSA) is 128 Å². The van der Waals surface area contributed by atoms with Crippen molar-refractivity contribution >= 4 is 28.4 Å². The number of carbonyl (C=O) groups excluding carboxylic acids is 1. The Morgan fingerprint density at radius 3 is 2.56 bits per heavy atom. The number of carbonyl (C=O) groups is 1. The second-order valence-corrected chi connectivity index (χ2v) is 8.77. The minimum Gasteiger partial charge on any atom is -0.378 e. The molecule has 0 aliphatic carbocycles. The summed E-state index contributed by atoms with van der Waals surface area (Å²) in [7, 11) is 0. The lowest BCUT2D eigenvalue weighted by atomic mass is 10.1. The van der Waals surface area contributed by atoms with Gasteiger partial charge in [0.05, 0.1) is 24.3 Å². The van der Waals surface area contributed by atoms with E-state index in [9.17, 15) is 9.59 Å². The number of nitrogens with zero attached hydrogens (tertiary/aromatic N) is 5. The van der Waals surface area contributed by atoms with Crippen LogP contribution in [0.5, 0.6) is 0 Å². The van der Waals surface area contributed by atoms with Crippen molar-refractivity contribution in [1.29, 1.82) is 0 Å². The molecule has 4 heterocycles. The molecule has 1 aliphatic rings. The van der Waals surface area contributed by atoms with Crippen LogP contribution in [-0.4, -0.2) is 62.2 Å². The highest BCUT2D eigenvalue weighted by Crippen LogP contribution is 2.27. The quantitative estimate of drug-likeness (QED) is 0.628. The van der Waals surface area contributed by atoms with Gasteiger partial charge in [0.2, 0.25) is 11.9 Å². The van der Waals surface area contributed by atoms with E-state index in [0.717, 1.165) is 0 Å². The zero-order chi connectivity index (χ0) is 22.9. The molecule has 4 rings (SSSR count). The number of morpholine rings is 1. The lowest BCUT2D eigenvalue weighted by Gasteiger charge is -2.27. The molecular weight excluding hydrogens is 410 g/mol. The molecule has 0 saturated carbocycles. The minimum atomic E-state index is -0.340. The molecule has 1 saturated heterocycles. The Hall–Kier alpha value is -3.53. The van der Waals surface area contributed by atoms with Crippen LogP contribution < -0.4 is 16.6 Å². The number of pyridine rings is 2. The third-order valence-corrected chi connectivity index (χ3v) is 5.09. The van der Waals surface area contributed by atoms with Crippen LogP contribution in [0.2, 0.25) is 0 Å². The average molecular weight is 438 g/mol. The van der Waals surface area contributed by atoms with E-state index < -0.39 is 0 Å². The van der Waals surface area contributed by atoms with Crippen LogP contribution in [0, 0.1) is 0 Å². The number of aromatic nitrogens is 4. The second-order valence-electron chi connectivity index (χ2n) is 8.77. The van der Waals surface area contributed by atoms with Gasteiger partial charge in [-0.25, -0.2) is 15.0 Å². The first kappa shape index (κ1) is 21.7. The molecule has 10 heteroatoms. The summed E-state index contributed by atoms with van der Waals surface area (Å²) < 4.78 is 6.74. The van der Waals surface area contributed by atoms with Crippen LogP contribution in [0.4, 0.5) is 11.8 Å². The highest BCUT2D eigenvalue weighted by Gasteiger charge is 2.21. The lowest BCUT2D eigenvalue weighted by Crippen LogP contribution is -2.43. The highest BCUT2D eigenvalue weighted by atomic mass is 16.5. The summed E-state index contributed by atoms with van der Waals surface area (Å²) in [6.07, 6.45) is 4.84. The van der Waals surface area contributed by atoms with Gasteiger partial charge in [-0.3, -0.25) is 9.59 Å². The SMILES string of the molecule is CC(C)(C)Nc1nc(-c2cnc(N)nc2)cc2ccn(CC(=O)N3CCOCC3)c(=O)c12. The largest absolute Gasteiger partial charge is 0.378 e. The summed E-state index contributed by atoms with van der Waals surface area (Å²) in [5.74, 6) is 0.513. The first-order chi connectivity index (χ1) is 15.2. The van der Waals surface area contributed by atoms with Crippen molar-refractivity contribution in [1.82, 2.24) is 24.4 Å². The van der Waals surface area contributed by atoms with Crippen molar-refractivity contribution in [2.24, 2.45) is 0 Å². The molecule has 1 aliphatic heterocycles. The van der Waals surface area contributed by atoms with Crippen molar-refractivity contribution in [3.05, 3.63) is 41.1 Å². The Bertz CT molecular complexity index is 1190. The van der Waals surface area contributed by atoms with Crippen LogP contribution in [-0.2, 0) is 16.1 Å². The summed E-state index contributed by atoms with van der Waals surface area (Å²) >= 11 is 0. The molecule has 0 spiro atoms. The van der Waals surface area contributed by atoms with E-state index in [-0.39, 0.29) is 29.5 Å². The summed E-state index contributed by atoms with van der Waals surface area (Å²) in [6.45, 7) is 8.03. The third-order valence-electron chi connectivity index (χ3n) is 5.09. The van der Waals surface area contributed by atoms with Crippen molar-refractivity contribution < 1.29 is 9.53 Å². The smallest absolute Gasteiger partial charge is 0.262 e. The summed E-state index contributed by atoms with van der Waals surface area (Å²) in [4.78, 5) is 40.6. The van der Waals surface area contributed by atoms with Crippen molar-refractivity contribution in [2.45, 2.75) is 32.9 Å².